The Labute approximate surface area is 129 Å². The molecule has 0 amide bonds. The molecule has 1 spiro atoms. The quantitative estimate of drug-likeness (QED) is 0.829. The summed E-state index contributed by atoms with van der Waals surface area (Å²) < 4.78 is 65.7. The fourth-order valence-electron chi connectivity index (χ4n) is 2.60. The van der Waals surface area contributed by atoms with Crippen LogP contribution in [0.1, 0.15) is 6.42 Å². The fourth-order valence-corrected chi connectivity index (χ4v) is 5.41. The number of pyridine rings is 1. The van der Waals surface area contributed by atoms with Gasteiger partial charge in [-0.25, -0.2) is 13.4 Å². The summed E-state index contributed by atoms with van der Waals surface area (Å²) in [4.78, 5) is 4.03. The average molecular weight is 354 g/mol. The van der Waals surface area contributed by atoms with E-state index in [1.807, 2.05) is 0 Å². The summed E-state index contributed by atoms with van der Waals surface area (Å²) in [7, 11) is -5.21. The lowest BCUT2D eigenvalue weighted by molar-refractivity contribution is -0.0517. The summed E-state index contributed by atoms with van der Waals surface area (Å²) in [6.07, 6.45) is 1.93. The predicted molar refractivity (Wildman–Crippen MR) is 75.0 cm³/mol. The SMILES string of the molecule is O=S(=O)(N1CC2(CC(Oc3ccccn3)CS2)C1)C(F)(F)F. The number of thioether (sulfide) groups is 1. The smallest absolute Gasteiger partial charge is 0.473 e. The lowest BCUT2D eigenvalue weighted by atomic mass is 9.95. The number of rotatable bonds is 3. The molecule has 122 valence electrons. The van der Waals surface area contributed by atoms with Crippen LogP contribution in [-0.4, -0.2) is 52.9 Å². The zero-order valence-electron chi connectivity index (χ0n) is 11.3. The molecule has 2 aliphatic rings. The Morgan fingerprint density at radius 1 is 1.36 bits per heavy atom. The van der Waals surface area contributed by atoms with Crippen molar-refractivity contribution in [3.05, 3.63) is 24.4 Å². The van der Waals surface area contributed by atoms with E-state index in [0.717, 1.165) is 0 Å². The molecule has 0 bridgehead atoms. The van der Waals surface area contributed by atoms with Gasteiger partial charge < -0.3 is 4.74 Å². The molecule has 10 heteroatoms. The van der Waals surface area contributed by atoms with E-state index in [1.165, 1.54) is 11.8 Å². The first-order chi connectivity index (χ1) is 10.2. The molecule has 1 aromatic heterocycles. The van der Waals surface area contributed by atoms with Crippen LogP contribution in [0.2, 0.25) is 0 Å². The van der Waals surface area contributed by atoms with E-state index in [1.54, 1.807) is 24.4 Å². The number of hydrogen-bond donors (Lipinski definition) is 0. The van der Waals surface area contributed by atoms with Crippen LogP contribution in [0.4, 0.5) is 13.2 Å². The highest BCUT2D eigenvalue weighted by atomic mass is 32.2. The minimum Gasteiger partial charge on any atom is -0.473 e. The van der Waals surface area contributed by atoms with E-state index >= 15 is 0 Å². The van der Waals surface area contributed by atoms with Crippen LogP contribution in [-0.2, 0) is 10.0 Å². The minimum absolute atomic E-state index is 0.123. The third kappa shape index (κ3) is 2.79. The summed E-state index contributed by atoms with van der Waals surface area (Å²) in [5.74, 6) is 1.07. The third-order valence-corrected chi connectivity index (χ3v) is 6.76. The Morgan fingerprint density at radius 3 is 2.68 bits per heavy atom. The monoisotopic (exact) mass is 354 g/mol. The van der Waals surface area contributed by atoms with Gasteiger partial charge in [0.1, 0.15) is 6.10 Å². The molecule has 1 atom stereocenters. The lowest BCUT2D eigenvalue weighted by Crippen LogP contribution is -2.62. The van der Waals surface area contributed by atoms with Crippen molar-refractivity contribution >= 4 is 21.8 Å². The lowest BCUT2D eigenvalue weighted by Gasteiger charge is -2.46. The minimum atomic E-state index is -5.23. The molecular weight excluding hydrogens is 341 g/mol. The van der Waals surface area contributed by atoms with Gasteiger partial charge in [0.05, 0.1) is 0 Å². The Bertz CT molecular complexity index is 645. The van der Waals surface area contributed by atoms with E-state index in [2.05, 4.69) is 4.98 Å². The Kier molecular flexibility index (Phi) is 3.81. The molecular formula is C12H13F3N2O3S2. The van der Waals surface area contributed by atoms with Gasteiger partial charge in [-0.1, -0.05) is 6.07 Å². The summed E-state index contributed by atoms with van der Waals surface area (Å²) >= 11 is 1.46. The highest BCUT2D eigenvalue weighted by Gasteiger charge is 2.60. The van der Waals surface area contributed by atoms with Gasteiger partial charge in [0.25, 0.3) is 0 Å². The molecule has 2 saturated heterocycles. The molecule has 3 rings (SSSR count). The first kappa shape index (κ1) is 15.9. The van der Waals surface area contributed by atoms with Gasteiger partial charge >= 0.3 is 15.5 Å². The Hall–Kier alpha value is -1.00. The molecule has 0 saturated carbocycles. The molecule has 0 aromatic carbocycles. The zero-order chi connectivity index (χ0) is 16.0. The average Bonchev–Trinajstić information content (AvgIpc) is 2.81. The number of alkyl halides is 3. The largest absolute Gasteiger partial charge is 0.511 e. The molecule has 1 unspecified atom stereocenters. The summed E-state index contributed by atoms with van der Waals surface area (Å²) in [6.45, 7) is -0.247. The molecule has 0 radical (unpaired) electrons. The van der Waals surface area contributed by atoms with Crippen LogP contribution < -0.4 is 4.74 Å². The van der Waals surface area contributed by atoms with E-state index in [0.29, 0.717) is 22.4 Å². The third-order valence-electron chi connectivity index (χ3n) is 3.66. The van der Waals surface area contributed by atoms with E-state index in [9.17, 15) is 21.6 Å². The number of hydrogen-bond acceptors (Lipinski definition) is 5. The summed E-state index contributed by atoms with van der Waals surface area (Å²) in [5, 5.41) is 0. The Balaban J connectivity index is 1.59. The fraction of sp³-hybridized carbons (Fsp3) is 0.583. The second-order valence-corrected chi connectivity index (χ2v) is 8.74. The number of ether oxygens (including phenoxy) is 1. The van der Waals surface area contributed by atoms with Crippen LogP contribution in [0.3, 0.4) is 0 Å². The number of sulfonamides is 1. The molecule has 1 aromatic rings. The van der Waals surface area contributed by atoms with E-state index in [4.69, 9.17) is 4.74 Å². The molecule has 5 nitrogen and oxygen atoms in total. The van der Waals surface area contributed by atoms with Crippen LogP contribution in [0, 0.1) is 0 Å². The van der Waals surface area contributed by atoms with Gasteiger partial charge in [0, 0.05) is 42.3 Å². The standard InChI is InChI=1S/C12H13F3N2O3S2/c13-12(14,15)22(18,19)17-7-11(8-17)5-9(6-21-11)20-10-3-1-2-4-16-10/h1-4,9H,5-8H2. The highest BCUT2D eigenvalue weighted by Crippen LogP contribution is 2.48. The van der Waals surface area contributed by atoms with Crippen molar-refractivity contribution in [3.8, 4) is 5.88 Å². The first-order valence-electron chi connectivity index (χ1n) is 6.50. The maximum absolute atomic E-state index is 12.5. The van der Waals surface area contributed by atoms with Crippen molar-refractivity contribution in [2.24, 2.45) is 0 Å². The van der Waals surface area contributed by atoms with Crippen molar-refractivity contribution in [3.63, 3.8) is 0 Å². The maximum atomic E-state index is 12.5. The Morgan fingerprint density at radius 2 is 2.09 bits per heavy atom. The molecule has 3 heterocycles. The molecule has 2 aliphatic heterocycles. The van der Waals surface area contributed by atoms with E-state index < -0.39 is 20.3 Å². The topological polar surface area (TPSA) is 59.5 Å². The number of halogens is 3. The molecule has 0 N–H and O–H groups in total. The predicted octanol–water partition coefficient (Wildman–Crippen LogP) is 1.87. The molecule has 2 fully saturated rings. The van der Waals surface area contributed by atoms with Gasteiger partial charge in [0.15, 0.2) is 0 Å². The van der Waals surface area contributed by atoms with E-state index in [-0.39, 0.29) is 19.2 Å². The van der Waals surface area contributed by atoms with Crippen molar-refractivity contribution in [1.82, 2.24) is 9.29 Å². The van der Waals surface area contributed by atoms with Crippen LogP contribution in [0.5, 0.6) is 5.88 Å². The summed E-state index contributed by atoms with van der Waals surface area (Å²) in [6, 6.07) is 5.24. The van der Waals surface area contributed by atoms with Crippen molar-refractivity contribution in [2.75, 3.05) is 18.8 Å². The molecule has 0 aliphatic carbocycles. The van der Waals surface area contributed by atoms with Crippen molar-refractivity contribution < 1.29 is 26.3 Å². The number of aromatic nitrogens is 1. The van der Waals surface area contributed by atoms with Crippen LogP contribution in [0.15, 0.2) is 24.4 Å². The van der Waals surface area contributed by atoms with Crippen LogP contribution >= 0.6 is 11.8 Å². The van der Waals surface area contributed by atoms with Crippen molar-refractivity contribution in [2.45, 2.75) is 22.8 Å². The van der Waals surface area contributed by atoms with Crippen LogP contribution in [0.25, 0.3) is 0 Å². The van der Waals surface area contributed by atoms with Gasteiger partial charge in [0.2, 0.25) is 5.88 Å². The number of nitrogens with zero attached hydrogens (tertiary/aromatic N) is 2. The normalized spacial score (nSPS) is 25.1. The van der Waals surface area contributed by atoms with Gasteiger partial charge in [-0.3, -0.25) is 0 Å². The second kappa shape index (κ2) is 5.27. The summed E-state index contributed by atoms with van der Waals surface area (Å²) in [5.41, 5.74) is -5.23. The van der Waals surface area contributed by atoms with Gasteiger partial charge in [-0.05, 0) is 6.07 Å². The zero-order valence-corrected chi connectivity index (χ0v) is 12.9. The van der Waals surface area contributed by atoms with Gasteiger partial charge in [-0.15, -0.1) is 11.8 Å². The second-order valence-electron chi connectivity index (χ2n) is 5.32. The van der Waals surface area contributed by atoms with Crippen molar-refractivity contribution in [1.29, 1.82) is 0 Å². The molecule has 22 heavy (non-hydrogen) atoms. The highest BCUT2D eigenvalue weighted by molar-refractivity contribution is 8.01. The maximum Gasteiger partial charge on any atom is 0.511 e. The first-order valence-corrected chi connectivity index (χ1v) is 8.93. The van der Waals surface area contributed by atoms with Gasteiger partial charge in [-0.2, -0.15) is 17.5 Å².